The summed E-state index contributed by atoms with van der Waals surface area (Å²) in [6.07, 6.45) is 4.91. The second kappa shape index (κ2) is 6.24. The Balaban J connectivity index is 1.51. The second-order valence-electron chi connectivity index (χ2n) is 6.59. The van der Waals surface area contributed by atoms with E-state index in [4.69, 9.17) is 4.74 Å². The first kappa shape index (κ1) is 15.3. The Morgan fingerprint density at radius 3 is 2.73 bits per heavy atom. The first-order valence-corrected chi connectivity index (χ1v) is 8.05. The molecular weight excluding hydrogens is 286 g/mol. The van der Waals surface area contributed by atoms with Gasteiger partial charge in [0.25, 0.3) is 5.91 Å². The third kappa shape index (κ3) is 3.24. The van der Waals surface area contributed by atoms with Crippen LogP contribution in [0.25, 0.3) is 0 Å². The first-order chi connectivity index (χ1) is 10.6. The predicted octanol–water partition coefficient (Wildman–Crippen LogP) is 0.394. The van der Waals surface area contributed by atoms with E-state index in [1.165, 1.54) is 6.42 Å². The second-order valence-corrected chi connectivity index (χ2v) is 6.59. The Morgan fingerprint density at radius 2 is 2.05 bits per heavy atom. The number of imide groups is 1. The third-order valence-electron chi connectivity index (χ3n) is 5.07. The summed E-state index contributed by atoms with van der Waals surface area (Å²) in [6.45, 7) is 3.18. The lowest BCUT2D eigenvalue weighted by atomic mass is 9.74. The van der Waals surface area contributed by atoms with Crippen LogP contribution in [0.3, 0.4) is 0 Å². The molecule has 0 aromatic rings. The maximum atomic E-state index is 12.4. The molecule has 0 bridgehead atoms. The van der Waals surface area contributed by atoms with Crippen molar-refractivity contribution in [1.29, 1.82) is 0 Å². The fraction of sp³-hybridized carbons (Fsp3) is 0.800. The average Bonchev–Trinajstić information content (AvgIpc) is 2.83. The van der Waals surface area contributed by atoms with E-state index in [-0.39, 0.29) is 17.2 Å². The number of likely N-dealkylation sites (tertiary alicyclic amines) is 1. The molecule has 4 amide bonds. The number of nitrogens with one attached hydrogen (secondary N) is 2. The Kier molecular flexibility index (Phi) is 4.33. The van der Waals surface area contributed by atoms with Crippen LogP contribution in [0.5, 0.6) is 0 Å². The van der Waals surface area contributed by atoms with E-state index in [0.29, 0.717) is 12.8 Å². The zero-order valence-corrected chi connectivity index (χ0v) is 12.7. The number of amides is 4. The molecule has 2 N–H and O–H groups in total. The third-order valence-corrected chi connectivity index (χ3v) is 5.07. The van der Waals surface area contributed by atoms with Crippen LogP contribution in [0.4, 0.5) is 4.79 Å². The maximum Gasteiger partial charge on any atom is 0.322 e. The highest BCUT2D eigenvalue weighted by Gasteiger charge is 2.38. The molecule has 1 spiro atoms. The number of ether oxygens (including phenoxy) is 1. The summed E-state index contributed by atoms with van der Waals surface area (Å²) in [4.78, 5) is 36.9. The lowest BCUT2D eigenvalue weighted by Gasteiger charge is -2.45. The van der Waals surface area contributed by atoms with Gasteiger partial charge in [0.2, 0.25) is 5.91 Å². The van der Waals surface area contributed by atoms with E-state index in [1.807, 2.05) is 4.90 Å². The van der Waals surface area contributed by atoms with Gasteiger partial charge in [0.1, 0.15) is 6.04 Å². The number of nitrogens with zero attached hydrogens (tertiary/aromatic N) is 1. The number of hydrogen-bond donors (Lipinski definition) is 2. The Bertz CT molecular complexity index is 468. The molecule has 122 valence electrons. The Labute approximate surface area is 129 Å². The molecule has 0 aliphatic carbocycles. The zero-order valence-electron chi connectivity index (χ0n) is 12.7. The summed E-state index contributed by atoms with van der Waals surface area (Å²) >= 11 is 0. The topological polar surface area (TPSA) is 87.7 Å². The monoisotopic (exact) mass is 309 g/mol. The van der Waals surface area contributed by atoms with Crippen LogP contribution in [0.1, 0.15) is 38.5 Å². The molecule has 3 aliphatic heterocycles. The molecule has 0 unspecified atom stereocenters. The lowest BCUT2D eigenvalue weighted by molar-refractivity contribution is -0.137. The summed E-state index contributed by atoms with van der Waals surface area (Å²) in [7, 11) is 0. The molecular formula is C15H23N3O4. The number of carbonyl (C=O) groups excluding carboxylic acids is 3. The van der Waals surface area contributed by atoms with Crippen molar-refractivity contribution in [3.05, 3.63) is 0 Å². The van der Waals surface area contributed by atoms with Gasteiger partial charge in [-0.15, -0.1) is 0 Å². The van der Waals surface area contributed by atoms with Gasteiger partial charge in [0.15, 0.2) is 0 Å². The van der Waals surface area contributed by atoms with E-state index in [0.717, 1.165) is 45.6 Å². The molecule has 0 aromatic heterocycles. The summed E-state index contributed by atoms with van der Waals surface area (Å²) in [5, 5.41) is 4.72. The van der Waals surface area contributed by atoms with Gasteiger partial charge >= 0.3 is 6.03 Å². The summed E-state index contributed by atoms with van der Waals surface area (Å²) in [5.41, 5.74) is 0.227. The number of hydrogen-bond acceptors (Lipinski definition) is 4. The van der Waals surface area contributed by atoms with Crippen molar-refractivity contribution in [3.8, 4) is 0 Å². The highest BCUT2D eigenvalue weighted by atomic mass is 16.5. The Morgan fingerprint density at radius 1 is 1.27 bits per heavy atom. The first-order valence-electron chi connectivity index (χ1n) is 8.05. The van der Waals surface area contributed by atoms with Crippen molar-refractivity contribution in [2.24, 2.45) is 5.41 Å². The van der Waals surface area contributed by atoms with Crippen molar-refractivity contribution in [2.75, 3.05) is 26.3 Å². The molecule has 3 rings (SSSR count). The molecule has 0 radical (unpaired) electrons. The van der Waals surface area contributed by atoms with Gasteiger partial charge < -0.3 is 15.0 Å². The molecule has 0 aromatic carbocycles. The minimum Gasteiger partial charge on any atom is -0.381 e. The number of urea groups is 1. The summed E-state index contributed by atoms with van der Waals surface area (Å²) in [5.74, 6) is -0.253. The van der Waals surface area contributed by atoms with Gasteiger partial charge in [-0.3, -0.25) is 14.9 Å². The molecule has 7 nitrogen and oxygen atoms in total. The quantitative estimate of drug-likeness (QED) is 0.738. The molecule has 0 saturated carbocycles. The lowest BCUT2D eigenvalue weighted by Crippen LogP contribution is -2.48. The molecule has 22 heavy (non-hydrogen) atoms. The molecule has 3 saturated heterocycles. The van der Waals surface area contributed by atoms with Gasteiger partial charge in [0.05, 0.1) is 0 Å². The van der Waals surface area contributed by atoms with Crippen LogP contribution in [0, 0.1) is 5.41 Å². The normalized spacial score (nSPS) is 27.6. The predicted molar refractivity (Wildman–Crippen MR) is 78.0 cm³/mol. The maximum absolute atomic E-state index is 12.4. The average molecular weight is 309 g/mol. The minimum atomic E-state index is -0.571. The standard InChI is InChI=1S/C15H23N3O4/c19-12(3-2-11-13(20)17-14(21)16-11)18-7-1-4-15(10-18)5-8-22-9-6-15/h11H,1-10H2,(H2,16,17,20,21)/t11-/m0/s1. The zero-order chi connectivity index (χ0) is 15.6. The van der Waals surface area contributed by atoms with Crippen LogP contribution in [-0.2, 0) is 14.3 Å². The van der Waals surface area contributed by atoms with Crippen molar-refractivity contribution in [3.63, 3.8) is 0 Å². The van der Waals surface area contributed by atoms with Crippen molar-refractivity contribution >= 4 is 17.8 Å². The van der Waals surface area contributed by atoms with Crippen molar-refractivity contribution in [2.45, 2.75) is 44.6 Å². The van der Waals surface area contributed by atoms with Gasteiger partial charge in [-0.25, -0.2) is 4.79 Å². The molecule has 7 heteroatoms. The van der Waals surface area contributed by atoms with Gasteiger partial charge in [0, 0.05) is 32.7 Å². The fourth-order valence-corrected chi connectivity index (χ4v) is 3.72. The van der Waals surface area contributed by atoms with Crippen LogP contribution < -0.4 is 10.6 Å². The van der Waals surface area contributed by atoms with Crippen molar-refractivity contribution < 1.29 is 19.1 Å². The largest absolute Gasteiger partial charge is 0.381 e. The minimum absolute atomic E-state index is 0.0829. The molecule has 1 atom stereocenters. The van der Waals surface area contributed by atoms with E-state index < -0.39 is 12.1 Å². The molecule has 3 heterocycles. The van der Waals surface area contributed by atoms with E-state index >= 15 is 0 Å². The number of piperidine rings is 1. The summed E-state index contributed by atoms with van der Waals surface area (Å²) < 4.78 is 5.44. The molecule has 3 fully saturated rings. The Hall–Kier alpha value is -1.63. The highest BCUT2D eigenvalue weighted by Crippen LogP contribution is 2.39. The van der Waals surface area contributed by atoms with Gasteiger partial charge in [-0.05, 0) is 37.5 Å². The van der Waals surface area contributed by atoms with E-state index in [1.54, 1.807) is 0 Å². The van der Waals surface area contributed by atoms with Gasteiger partial charge in [-0.1, -0.05) is 0 Å². The SMILES string of the molecule is O=C1NC(=O)[C@H](CCC(=O)N2CCCC3(CCOCC3)C2)N1. The van der Waals surface area contributed by atoms with E-state index in [2.05, 4.69) is 10.6 Å². The summed E-state index contributed by atoms with van der Waals surface area (Å²) in [6, 6.07) is -1.04. The van der Waals surface area contributed by atoms with E-state index in [9.17, 15) is 14.4 Å². The van der Waals surface area contributed by atoms with Crippen LogP contribution in [0.15, 0.2) is 0 Å². The fourth-order valence-electron chi connectivity index (χ4n) is 3.72. The van der Waals surface area contributed by atoms with Crippen molar-refractivity contribution in [1.82, 2.24) is 15.5 Å². The number of carbonyl (C=O) groups is 3. The van der Waals surface area contributed by atoms with Gasteiger partial charge in [-0.2, -0.15) is 0 Å². The molecule has 3 aliphatic rings. The number of rotatable bonds is 3. The van der Waals surface area contributed by atoms with Crippen LogP contribution in [-0.4, -0.2) is 55.1 Å². The smallest absolute Gasteiger partial charge is 0.322 e. The van der Waals surface area contributed by atoms with Crippen LogP contribution >= 0.6 is 0 Å². The highest BCUT2D eigenvalue weighted by molar-refractivity contribution is 6.04. The van der Waals surface area contributed by atoms with Crippen LogP contribution in [0.2, 0.25) is 0 Å².